The van der Waals surface area contributed by atoms with E-state index < -0.39 is 6.10 Å². The molecule has 0 saturated heterocycles. The zero-order valence-corrected chi connectivity index (χ0v) is 8.14. The molecule has 3 nitrogen and oxygen atoms in total. The van der Waals surface area contributed by atoms with E-state index in [9.17, 15) is 9.90 Å². The van der Waals surface area contributed by atoms with Crippen LogP contribution in [0.4, 0.5) is 0 Å². The van der Waals surface area contributed by atoms with Crippen LogP contribution in [0.25, 0.3) is 0 Å². The standard InChI is InChI=1S/C11H14O3/c1-2-10(13)8-14-11-6-4-3-5-9(11)7-12/h3-7,10,13H,2,8H2,1H3. The van der Waals surface area contributed by atoms with Crippen molar-refractivity contribution in [3.05, 3.63) is 29.8 Å². The van der Waals surface area contributed by atoms with E-state index in [2.05, 4.69) is 0 Å². The second-order valence-corrected chi connectivity index (χ2v) is 3.03. The summed E-state index contributed by atoms with van der Waals surface area (Å²) in [5.74, 6) is 0.523. The molecule has 0 aliphatic rings. The number of aliphatic hydroxyl groups excluding tert-OH is 1. The van der Waals surface area contributed by atoms with E-state index in [1.807, 2.05) is 6.92 Å². The molecule has 0 aliphatic heterocycles. The number of benzene rings is 1. The maximum Gasteiger partial charge on any atom is 0.153 e. The first-order valence-corrected chi connectivity index (χ1v) is 4.63. The molecule has 0 saturated carbocycles. The smallest absolute Gasteiger partial charge is 0.153 e. The molecule has 0 spiro atoms. The minimum absolute atomic E-state index is 0.224. The number of para-hydroxylation sites is 1. The lowest BCUT2D eigenvalue weighted by molar-refractivity contribution is 0.101. The van der Waals surface area contributed by atoms with Crippen LogP contribution in [0.5, 0.6) is 5.75 Å². The molecule has 0 aliphatic carbocycles. The molecule has 14 heavy (non-hydrogen) atoms. The van der Waals surface area contributed by atoms with Crippen LogP contribution in [0.3, 0.4) is 0 Å². The summed E-state index contributed by atoms with van der Waals surface area (Å²) in [5.41, 5.74) is 0.510. The highest BCUT2D eigenvalue weighted by Crippen LogP contribution is 2.15. The molecule has 76 valence electrons. The van der Waals surface area contributed by atoms with Gasteiger partial charge >= 0.3 is 0 Å². The quantitative estimate of drug-likeness (QED) is 0.725. The summed E-state index contributed by atoms with van der Waals surface area (Å²) in [4.78, 5) is 10.6. The Morgan fingerprint density at radius 2 is 2.21 bits per heavy atom. The van der Waals surface area contributed by atoms with E-state index in [1.54, 1.807) is 24.3 Å². The number of hydrogen-bond donors (Lipinski definition) is 1. The van der Waals surface area contributed by atoms with Crippen molar-refractivity contribution in [3.63, 3.8) is 0 Å². The number of carbonyl (C=O) groups is 1. The van der Waals surface area contributed by atoms with Gasteiger partial charge in [-0.1, -0.05) is 19.1 Å². The Hall–Kier alpha value is -1.35. The first kappa shape index (κ1) is 10.7. The molecular formula is C11H14O3. The van der Waals surface area contributed by atoms with Crippen LogP contribution in [-0.4, -0.2) is 24.1 Å². The average Bonchev–Trinajstić information content (AvgIpc) is 2.26. The van der Waals surface area contributed by atoms with Gasteiger partial charge in [0.2, 0.25) is 0 Å². The van der Waals surface area contributed by atoms with Crippen LogP contribution in [-0.2, 0) is 0 Å². The van der Waals surface area contributed by atoms with Crippen molar-refractivity contribution in [1.29, 1.82) is 0 Å². The number of carbonyl (C=O) groups excluding carboxylic acids is 1. The summed E-state index contributed by atoms with van der Waals surface area (Å²) in [6, 6.07) is 6.96. The third-order valence-electron chi connectivity index (χ3n) is 1.95. The van der Waals surface area contributed by atoms with Crippen LogP contribution in [0.2, 0.25) is 0 Å². The largest absolute Gasteiger partial charge is 0.490 e. The molecule has 0 radical (unpaired) electrons. The second kappa shape index (κ2) is 5.40. The first-order valence-electron chi connectivity index (χ1n) is 4.63. The predicted molar refractivity (Wildman–Crippen MR) is 53.6 cm³/mol. The van der Waals surface area contributed by atoms with E-state index in [-0.39, 0.29) is 6.61 Å². The Labute approximate surface area is 83.3 Å². The second-order valence-electron chi connectivity index (χ2n) is 3.03. The number of aldehydes is 1. The minimum Gasteiger partial charge on any atom is -0.490 e. The van der Waals surface area contributed by atoms with Gasteiger partial charge in [0.25, 0.3) is 0 Å². The number of ether oxygens (including phenoxy) is 1. The Bertz CT molecular complexity index is 296. The number of hydrogen-bond acceptors (Lipinski definition) is 3. The molecule has 0 heterocycles. The van der Waals surface area contributed by atoms with Gasteiger partial charge in [0.15, 0.2) is 6.29 Å². The fourth-order valence-corrected chi connectivity index (χ4v) is 1.01. The van der Waals surface area contributed by atoms with Crippen molar-refractivity contribution in [1.82, 2.24) is 0 Å². The zero-order valence-electron chi connectivity index (χ0n) is 8.14. The lowest BCUT2D eigenvalue weighted by Gasteiger charge is -2.11. The molecule has 3 heteroatoms. The maximum atomic E-state index is 10.6. The highest BCUT2D eigenvalue weighted by molar-refractivity contribution is 5.79. The van der Waals surface area contributed by atoms with Gasteiger partial charge < -0.3 is 9.84 Å². The van der Waals surface area contributed by atoms with Gasteiger partial charge in [0.05, 0.1) is 11.7 Å². The Kier molecular flexibility index (Phi) is 4.13. The monoisotopic (exact) mass is 194 g/mol. The van der Waals surface area contributed by atoms with E-state index >= 15 is 0 Å². The van der Waals surface area contributed by atoms with Gasteiger partial charge in [-0.15, -0.1) is 0 Å². The zero-order chi connectivity index (χ0) is 10.4. The highest BCUT2D eigenvalue weighted by Gasteiger charge is 2.04. The normalized spacial score (nSPS) is 12.1. The van der Waals surface area contributed by atoms with E-state index in [0.717, 1.165) is 6.29 Å². The summed E-state index contributed by atoms with van der Waals surface area (Å²) < 4.78 is 5.30. The Balaban J connectivity index is 2.61. The predicted octanol–water partition coefficient (Wildman–Crippen LogP) is 1.65. The molecule has 1 rings (SSSR count). The van der Waals surface area contributed by atoms with Gasteiger partial charge in [-0.05, 0) is 18.6 Å². The summed E-state index contributed by atoms with van der Waals surface area (Å²) in [6.45, 7) is 2.10. The molecule has 1 unspecified atom stereocenters. The van der Waals surface area contributed by atoms with E-state index in [0.29, 0.717) is 17.7 Å². The molecule has 0 amide bonds. The molecule has 0 aromatic heterocycles. The van der Waals surface area contributed by atoms with Gasteiger partial charge in [0.1, 0.15) is 12.4 Å². The van der Waals surface area contributed by atoms with E-state index in [1.165, 1.54) is 0 Å². The number of rotatable bonds is 5. The molecular weight excluding hydrogens is 180 g/mol. The van der Waals surface area contributed by atoms with Crippen LogP contribution < -0.4 is 4.74 Å². The molecule has 1 aromatic carbocycles. The maximum absolute atomic E-state index is 10.6. The van der Waals surface area contributed by atoms with Crippen LogP contribution in [0.1, 0.15) is 23.7 Å². The molecule has 0 fully saturated rings. The average molecular weight is 194 g/mol. The summed E-state index contributed by atoms with van der Waals surface area (Å²) in [5, 5.41) is 9.27. The summed E-state index contributed by atoms with van der Waals surface area (Å²) in [7, 11) is 0. The van der Waals surface area contributed by atoms with Gasteiger partial charge in [-0.2, -0.15) is 0 Å². The highest BCUT2D eigenvalue weighted by atomic mass is 16.5. The minimum atomic E-state index is -0.477. The molecule has 1 atom stereocenters. The van der Waals surface area contributed by atoms with Crippen molar-refractivity contribution in [2.24, 2.45) is 0 Å². The van der Waals surface area contributed by atoms with Gasteiger partial charge in [-0.25, -0.2) is 0 Å². The van der Waals surface area contributed by atoms with Crippen molar-refractivity contribution in [2.45, 2.75) is 19.4 Å². The summed E-state index contributed by atoms with van der Waals surface area (Å²) in [6.07, 6.45) is 0.909. The molecule has 0 bridgehead atoms. The SMILES string of the molecule is CCC(O)COc1ccccc1C=O. The molecule has 1 N–H and O–H groups in total. The third kappa shape index (κ3) is 2.85. The topological polar surface area (TPSA) is 46.5 Å². The summed E-state index contributed by atoms with van der Waals surface area (Å²) >= 11 is 0. The van der Waals surface area contributed by atoms with Crippen molar-refractivity contribution in [2.75, 3.05) is 6.61 Å². The fraction of sp³-hybridized carbons (Fsp3) is 0.364. The number of aliphatic hydroxyl groups is 1. The van der Waals surface area contributed by atoms with Gasteiger partial charge in [0, 0.05) is 0 Å². The lowest BCUT2D eigenvalue weighted by Crippen LogP contribution is -2.16. The fourth-order valence-electron chi connectivity index (χ4n) is 1.01. The lowest BCUT2D eigenvalue weighted by atomic mass is 10.2. The van der Waals surface area contributed by atoms with Crippen molar-refractivity contribution in [3.8, 4) is 5.75 Å². The van der Waals surface area contributed by atoms with Crippen LogP contribution in [0.15, 0.2) is 24.3 Å². The molecule has 1 aromatic rings. The van der Waals surface area contributed by atoms with E-state index in [4.69, 9.17) is 4.74 Å². The van der Waals surface area contributed by atoms with Crippen molar-refractivity contribution < 1.29 is 14.6 Å². The van der Waals surface area contributed by atoms with Crippen LogP contribution >= 0.6 is 0 Å². The third-order valence-corrected chi connectivity index (χ3v) is 1.95. The van der Waals surface area contributed by atoms with Crippen LogP contribution in [0, 0.1) is 0 Å². The van der Waals surface area contributed by atoms with Gasteiger partial charge in [-0.3, -0.25) is 4.79 Å². The van der Waals surface area contributed by atoms with Crippen molar-refractivity contribution >= 4 is 6.29 Å². The Morgan fingerprint density at radius 3 is 2.86 bits per heavy atom. The first-order chi connectivity index (χ1) is 6.77. The Morgan fingerprint density at radius 1 is 1.50 bits per heavy atom.